The number of hydrogen-bond acceptors (Lipinski definition) is 7. The molecule has 1 amide bonds. The quantitative estimate of drug-likeness (QED) is 0.297. The van der Waals surface area contributed by atoms with E-state index in [-0.39, 0.29) is 12.1 Å². The summed E-state index contributed by atoms with van der Waals surface area (Å²) in [6.07, 6.45) is 2.33. The Labute approximate surface area is 207 Å². The van der Waals surface area contributed by atoms with Crippen LogP contribution in [0, 0.1) is 0 Å². The highest BCUT2D eigenvalue weighted by atomic mass is 32.2. The minimum atomic E-state index is -0.214. The summed E-state index contributed by atoms with van der Waals surface area (Å²) < 4.78 is 4.97. The molecule has 35 heavy (non-hydrogen) atoms. The van der Waals surface area contributed by atoms with Crippen LogP contribution in [0.1, 0.15) is 16.8 Å². The van der Waals surface area contributed by atoms with Gasteiger partial charge in [-0.2, -0.15) is 0 Å². The number of benzene rings is 3. The van der Waals surface area contributed by atoms with Gasteiger partial charge < -0.3 is 15.4 Å². The van der Waals surface area contributed by atoms with E-state index in [1.54, 1.807) is 30.1 Å². The van der Waals surface area contributed by atoms with Crippen molar-refractivity contribution in [2.24, 2.45) is 0 Å². The summed E-state index contributed by atoms with van der Waals surface area (Å²) in [4.78, 5) is 28.7. The van der Waals surface area contributed by atoms with Crippen LogP contribution in [-0.4, -0.2) is 35.4 Å². The first-order valence-electron chi connectivity index (χ1n) is 11.3. The fraction of sp³-hybridized carbons (Fsp3) is 0.148. The molecule has 0 radical (unpaired) electrons. The number of anilines is 3. The Bertz CT molecular complexity index is 1320. The van der Waals surface area contributed by atoms with E-state index in [9.17, 15) is 9.59 Å². The Morgan fingerprint density at radius 1 is 1.00 bits per heavy atom. The van der Waals surface area contributed by atoms with E-state index in [0.717, 1.165) is 45.8 Å². The number of pyridine rings is 1. The zero-order chi connectivity index (χ0) is 24.0. The van der Waals surface area contributed by atoms with Gasteiger partial charge in [-0.3, -0.25) is 19.9 Å². The molecule has 7 nitrogen and oxygen atoms in total. The fourth-order valence-corrected chi connectivity index (χ4v) is 5.14. The highest BCUT2D eigenvalue weighted by molar-refractivity contribution is 8.00. The number of nitrogens with zero attached hydrogens (tertiary/aromatic N) is 1. The van der Waals surface area contributed by atoms with E-state index >= 15 is 0 Å². The molecule has 1 aromatic heterocycles. The summed E-state index contributed by atoms with van der Waals surface area (Å²) in [7, 11) is 0. The molecule has 2 heterocycles. The molecule has 0 saturated carbocycles. The average molecular weight is 485 g/mol. The van der Waals surface area contributed by atoms with Crippen LogP contribution in [0.15, 0.2) is 90.0 Å². The van der Waals surface area contributed by atoms with Gasteiger partial charge >= 0.3 is 0 Å². The maximum atomic E-state index is 12.7. The minimum absolute atomic E-state index is 0.167. The van der Waals surface area contributed by atoms with Crippen molar-refractivity contribution in [1.29, 1.82) is 0 Å². The number of nitrogens with one attached hydrogen (secondary N) is 3. The average Bonchev–Trinajstić information content (AvgIpc) is 3.33. The van der Waals surface area contributed by atoms with Crippen molar-refractivity contribution in [3.8, 4) is 0 Å². The summed E-state index contributed by atoms with van der Waals surface area (Å²) in [6.45, 7) is 1.26. The summed E-state index contributed by atoms with van der Waals surface area (Å²) in [5.41, 5.74) is 4.09. The van der Waals surface area contributed by atoms with Gasteiger partial charge in [0.25, 0.3) is 12.4 Å². The lowest BCUT2D eigenvalue weighted by atomic mass is 10.1. The molecule has 5 rings (SSSR count). The first-order chi connectivity index (χ1) is 17.2. The normalized spacial score (nSPS) is 17.1. The number of carbonyl (C=O) groups excluding carboxylic acids is 2. The van der Waals surface area contributed by atoms with E-state index < -0.39 is 0 Å². The Hall–Kier alpha value is -3.88. The Morgan fingerprint density at radius 3 is 2.57 bits per heavy atom. The van der Waals surface area contributed by atoms with Gasteiger partial charge in [0.1, 0.15) is 0 Å². The van der Waals surface area contributed by atoms with Crippen LogP contribution < -0.4 is 16.0 Å². The molecule has 1 saturated heterocycles. The van der Waals surface area contributed by atoms with Gasteiger partial charge in [-0.25, -0.2) is 0 Å². The summed E-state index contributed by atoms with van der Waals surface area (Å²) in [5, 5.41) is 10.9. The van der Waals surface area contributed by atoms with Crippen molar-refractivity contribution in [3.63, 3.8) is 0 Å². The molecule has 0 aliphatic carbocycles. The van der Waals surface area contributed by atoms with Crippen LogP contribution in [0.2, 0.25) is 0 Å². The molecule has 3 N–H and O–H groups in total. The summed E-state index contributed by atoms with van der Waals surface area (Å²) in [5.74, 6) is -0.167. The molecule has 1 aliphatic rings. The second kappa shape index (κ2) is 10.6. The van der Waals surface area contributed by atoms with Crippen molar-refractivity contribution in [1.82, 2.24) is 10.3 Å². The second-order valence-corrected chi connectivity index (χ2v) is 9.54. The lowest BCUT2D eigenvalue weighted by Crippen LogP contribution is -2.23. The number of aromatic nitrogens is 1. The van der Waals surface area contributed by atoms with Crippen LogP contribution in [0.3, 0.4) is 0 Å². The summed E-state index contributed by atoms with van der Waals surface area (Å²) in [6, 6.07) is 25.0. The maximum absolute atomic E-state index is 12.7. The molecule has 1 fully saturated rings. The SMILES string of the molecule is O=COC1CC(Sc2ccc(NC(=O)c3ccc(Nc4ccnc5ccccc45)cc3)cc2)CN1. The van der Waals surface area contributed by atoms with Gasteiger partial charge in [0.15, 0.2) is 6.23 Å². The number of fused-ring (bicyclic) bond motifs is 1. The van der Waals surface area contributed by atoms with Gasteiger partial charge in [0, 0.05) is 57.3 Å². The smallest absolute Gasteiger partial charge is 0.294 e. The molecule has 0 bridgehead atoms. The summed E-state index contributed by atoms with van der Waals surface area (Å²) >= 11 is 1.73. The number of rotatable bonds is 8. The van der Waals surface area contributed by atoms with Crippen molar-refractivity contribution in [3.05, 3.63) is 90.6 Å². The van der Waals surface area contributed by atoms with Crippen molar-refractivity contribution in [2.45, 2.75) is 22.8 Å². The van der Waals surface area contributed by atoms with Gasteiger partial charge in [0.05, 0.1) is 5.52 Å². The first-order valence-corrected chi connectivity index (χ1v) is 12.2. The number of amides is 1. The van der Waals surface area contributed by atoms with E-state index in [0.29, 0.717) is 17.3 Å². The topological polar surface area (TPSA) is 92.3 Å². The van der Waals surface area contributed by atoms with Crippen molar-refractivity contribution >= 4 is 52.1 Å². The number of hydrogen-bond donors (Lipinski definition) is 3. The maximum Gasteiger partial charge on any atom is 0.294 e. The predicted octanol–water partition coefficient (Wildman–Crippen LogP) is 5.18. The van der Waals surface area contributed by atoms with Crippen LogP contribution in [0.25, 0.3) is 10.9 Å². The van der Waals surface area contributed by atoms with Crippen LogP contribution in [-0.2, 0) is 9.53 Å². The van der Waals surface area contributed by atoms with E-state index in [1.165, 1.54) is 0 Å². The zero-order valence-electron chi connectivity index (χ0n) is 18.8. The van der Waals surface area contributed by atoms with Crippen molar-refractivity contribution in [2.75, 3.05) is 17.2 Å². The third-order valence-electron chi connectivity index (χ3n) is 5.76. The standard InChI is InChI=1S/C27H24N4O3S/c32-17-34-26-15-22(16-29-26)35-21-11-9-20(10-12-21)31-27(33)18-5-7-19(8-6-18)30-25-13-14-28-24-4-2-1-3-23(24)25/h1-14,17,22,26,29H,15-16H2,(H,28,30)(H,31,33). The third-order valence-corrected chi connectivity index (χ3v) is 7.00. The largest absolute Gasteiger partial charge is 0.449 e. The van der Waals surface area contributed by atoms with Gasteiger partial charge in [-0.15, -0.1) is 11.8 Å². The lowest BCUT2D eigenvalue weighted by molar-refractivity contribution is -0.134. The molecule has 0 spiro atoms. The molecule has 2 unspecified atom stereocenters. The lowest BCUT2D eigenvalue weighted by Gasteiger charge is -2.11. The number of ether oxygens (including phenoxy) is 1. The molecule has 3 aromatic carbocycles. The fourth-order valence-electron chi connectivity index (χ4n) is 4.01. The Morgan fingerprint density at radius 2 is 1.77 bits per heavy atom. The molecule has 1 aliphatic heterocycles. The van der Waals surface area contributed by atoms with E-state index in [1.807, 2.05) is 66.7 Å². The highest BCUT2D eigenvalue weighted by Crippen LogP contribution is 2.30. The predicted molar refractivity (Wildman–Crippen MR) is 139 cm³/mol. The number of carbonyl (C=O) groups is 2. The van der Waals surface area contributed by atoms with Crippen LogP contribution in [0.5, 0.6) is 0 Å². The van der Waals surface area contributed by atoms with Crippen LogP contribution >= 0.6 is 11.8 Å². The second-order valence-electron chi connectivity index (χ2n) is 8.16. The molecular formula is C27H24N4O3S. The highest BCUT2D eigenvalue weighted by Gasteiger charge is 2.25. The van der Waals surface area contributed by atoms with Gasteiger partial charge in [0.2, 0.25) is 0 Å². The zero-order valence-corrected chi connectivity index (χ0v) is 19.6. The van der Waals surface area contributed by atoms with Crippen LogP contribution in [0.4, 0.5) is 17.1 Å². The third kappa shape index (κ3) is 5.62. The molecule has 8 heteroatoms. The van der Waals surface area contributed by atoms with Gasteiger partial charge in [-0.1, -0.05) is 18.2 Å². The van der Waals surface area contributed by atoms with Gasteiger partial charge in [-0.05, 0) is 60.7 Å². The molecule has 176 valence electrons. The molecular weight excluding hydrogens is 460 g/mol. The Balaban J connectivity index is 1.17. The molecule has 2 atom stereocenters. The van der Waals surface area contributed by atoms with E-state index in [4.69, 9.17) is 4.74 Å². The minimum Gasteiger partial charge on any atom is -0.449 e. The van der Waals surface area contributed by atoms with E-state index in [2.05, 4.69) is 20.9 Å². The number of para-hydroxylation sites is 1. The van der Waals surface area contributed by atoms with Crippen molar-refractivity contribution < 1.29 is 14.3 Å². The number of thioether (sulfide) groups is 1. The monoisotopic (exact) mass is 484 g/mol. The Kier molecular flexibility index (Phi) is 6.92. The first kappa shape index (κ1) is 22.9. The molecule has 4 aromatic rings.